The number of aliphatic carboxylic acids is 1. The van der Waals surface area contributed by atoms with E-state index in [0.717, 1.165) is 25.7 Å². The van der Waals surface area contributed by atoms with Crippen LogP contribution in [0.2, 0.25) is 0 Å². The fourth-order valence-electron chi connectivity index (χ4n) is 4.87. The van der Waals surface area contributed by atoms with Gasteiger partial charge in [-0.1, -0.05) is 13.0 Å². The van der Waals surface area contributed by atoms with Crippen LogP contribution >= 0.6 is 0 Å². The number of nitrogens with one attached hydrogen (secondary N) is 3. The topological polar surface area (TPSA) is 153 Å². The second-order valence-corrected chi connectivity index (χ2v) is 10.8. The van der Waals surface area contributed by atoms with E-state index in [2.05, 4.69) is 37.9 Å². The van der Waals surface area contributed by atoms with E-state index < -0.39 is 35.7 Å². The summed E-state index contributed by atoms with van der Waals surface area (Å²) in [6.45, 7) is 6.15. The highest BCUT2D eigenvalue weighted by molar-refractivity contribution is 6.08. The van der Waals surface area contributed by atoms with Crippen LogP contribution in [0.1, 0.15) is 38.8 Å². The number of anilines is 2. The van der Waals surface area contributed by atoms with Gasteiger partial charge in [0, 0.05) is 61.3 Å². The van der Waals surface area contributed by atoms with Gasteiger partial charge in [0.05, 0.1) is 12.7 Å². The minimum absolute atomic E-state index is 0.00111. The van der Waals surface area contributed by atoms with Crippen molar-refractivity contribution in [3.05, 3.63) is 76.9 Å². The molecule has 5 rings (SSSR count). The maximum Gasteiger partial charge on any atom is 0.490 e. The number of aromatic nitrogens is 3. The highest BCUT2D eigenvalue weighted by Gasteiger charge is 2.38. The fourth-order valence-corrected chi connectivity index (χ4v) is 4.87. The number of amides is 2. The normalized spacial score (nSPS) is 14.1. The molecule has 1 aliphatic heterocycles. The molecule has 2 heterocycles. The Morgan fingerprint density at radius 2 is 1.43 bits per heavy atom. The number of carboxylic acid groups (broad SMARTS) is 1. The van der Waals surface area contributed by atoms with Gasteiger partial charge < -0.3 is 25.4 Å². The number of likely N-dealkylation sites (N-methyl/N-ethyl adjacent to an activating group) is 1. The lowest BCUT2D eigenvalue weighted by molar-refractivity contribution is -0.192. The van der Waals surface area contributed by atoms with Gasteiger partial charge >= 0.3 is 18.3 Å². The Labute approximate surface area is 275 Å². The Morgan fingerprint density at radius 1 is 0.816 bits per heavy atom. The van der Waals surface area contributed by atoms with Crippen molar-refractivity contribution in [2.75, 3.05) is 50.5 Å². The molecule has 4 N–H and O–H groups in total. The van der Waals surface area contributed by atoms with E-state index in [4.69, 9.17) is 14.6 Å². The Morgan fingerprint density at radius 3 is 2.04 bits per heavy atom. The number of aromatic amines is 1. The standard InChI is InChI=1S/C29H30F3N7O3.C2HF3O2/c1-3-38-8-10-39(11-9-38)17-19-4-6-21(16-24(19)29(30,31)32)33-28(41)20-12-22(15-23(13-20)42-2)34-27(40)18-5-7-25-26(14-18)36-37-35-25;3-2(4,5)1(6)7/h4-7,12-16H,3,8-11,17H2,1-2H3,(H,33,41)(H,34,40)(H,35,36,37);(H,6,7). The van der Waals surface area contributed by atoms with E-state index in [-0.39, 0.29) is 34.8 Å². The Kier molecular flexibility index (Phi) is 11.5. The van der Waals surface area contributed by atoms with Crippen molar-refractivity contribution in [2.24, 2.45) is 0 Å². The number of nitrogens with zero attached hydrogens (tertiary/aromatic N) is 4. The van der Waals surface area contributed by atoms with Crippen LogP contribution < -0.4 is 15.4 Å². The fraction of sp³-hybridized carbons (Fsp3) is 0.323. The summed E-state index contributed by atoms with van der Waals surface area (Å²) in [6, 6.07) is 13.0. The van der Waals surface area contributed by atoms with Crippen molar-refractivity contribution >= 4 is 40.2 Å². The van der Waals surface area contributed by atoms with Gasteiger partial charge in [-0.3, -0.25) is 14.5 Å². The number of hydrogen-bond donors (Lipinski definition) is 4. The first kappa shape index (κ1) is 36.6. The Balaban J connectivity index is 0.000000698. The number of halogens is 6. The number of ether oxygens (including phenoxy) is 1. The lowest BCUT2D eigenvalue weighted by Gasteiger charge is -2.34. The molecule has 1 fully saturated rings. The Bertz CT molecular complexity index is 1800. The van der Waals surface area contributed by atoms with Gasteiger partial charge in [0.15, 0.2) is 0 Å². The molecule has 2 amide bonds. The lowest BCUT2D eigenvalue weighted by atomic mass is 10.0. The van der Waals surface area contributed by atoms with E-state index in [9.17, 15) is 35.9 Å². The van der Waals surface area contributed by atoms with Crippen LogP contribution in [0.15, 0.2) is 54.6 Å². The van der Waals surface area contributed by atoms with Crippen molar-refractivity contribution in [3.63, 3.8) is 0 Å². The van der Waals surface area contributed by atoms with Crippen molar-refractivity contribution in [3.8, 4) is 5.75 Å². The summed E-state index contributed by atoms with van der Waals surface area (Å²) in [4.78, 5) is 39.2. The third-order valence-electron chi connectivity index (χ3n) is 7.46. The average molecular weight is 696 g/mol. The first-order valence-corrected chi connectivity index (χ1v) is 14.6. The van der Waals surface area contributed by atoms with Crippen LogP contribution in [0.4, 0.5) is 37.7 Å². The number of methoxy groups -OCH3 is 1. The summed E-state index contributed by atoms with van der Waals surface area (Å²) in [5, 5.41) is 22.8. The molecule has 18 heteroatoms. The van der Waals surface area contributed by atoms with Gasteiger partial charge in [-0.25, -0.2) is 4.79 Å². The highest BCUT2D eigenvalue weighted by Crippen LogP contribution is 2.35. The second-order valence-electron chi connectivity index (χ2n) is 10.8. The third-order valence-corrected chi connectivity index (χ3v) is 7.46. The van der Waals surface area contributed by atoms with Crippen LogP contribution in [0, 0.1) is 0 Å². The monoisotopic (exact) mass is 695 g/mol. The molecular formula is C31H31F6N7O5. The molecule has 0 bridgehead atoms. The number of carbonyl (C=O) groups is 3. The number of benzene rings is 3. The highest BCUT2D eigenvalue weighted by atomic mass is 19.4. The Hall–Kier alpha value is -5.23. The predicted molar refractivity (Wildman–Crippen MR) is 165 cm³/mol. The molecule has 0 spiro atoms. The van der Waals surface area contributed by atoms with Gasteiger partial charge in [-0.15, -0.1) is 0 Å². The van der Waals surface area contributed by atoms with Crippen LogP contribution in [-0.4, -0.2) is 94.1 Å². The molecule has 1 saturated heterocycles. The molecule has 0 atom stereocenters. The van der Waals surface area contributed by atoms with Crippen LogP contribution in [0.25, 0.3) is 11.0 Å². The van der Waals surface area contributed by atoms with Crippen molar-refractivity contribution < 1.29 is 50.6 Å². The van der Waals surface area contributed by atoms with E-state index >= 15 is 0 Å². The third kappa shape index (κ3) is 9.89. The summed E-state index contributed by atoms with van der Waals surface area (Å²) in [6.07, 6.45) is -9.68. The number of alkyl halides is 6. The molecule has 262 valence electrons. The van der Waals surface area contributed by atoms with Crippen LogP contribution in [-0.2, 0) is 17.5 Å². The number of carbonyl (C=O) groups excluding carboxylic acids is 2. The number of H-pyrrole nitrogens is 1. The van der Waals surface area contributed by atoms with Gasteiger partial charge in [-0.05, 0) is 54.6 Å². The second kappa shape index (κ2) is 15.3. The van der Waals surface area contributed by atoms with Gasteiger partial charge in [0.25, 0.3) is 11.8 Å². The quantitative estimate of drug-likeness (QED) is 0.181. The maximum absolute atomic E-state index is 14.0. The summed E-state index contributed by atoms with van der Waals surface area (Å²) in [5.74, 6) is -3.60. The predicted octanol–water partition coefficient (Wildman–Crippen LogP) is 5.26. The van der Waals surface area contributed by atoms with E-state index in [1.54, 1.807) is 18.2 Å². The molecule has 0 unspecified atom stereocenters. The summed E-state index contributed by atoms with van der Waals surface area (Å²) >= 11 is 0. The molecule has 12 nitrogen and oxygen atoms in total. The van der Waals surface area contributed by atoms with Crippen molar-refractivity contribution in [2.45, 2.75) is 25.8 Å². The summed E-state index contributed by atoms with van der Waals surface area (Å²) in [7, 11) is 1.40. The zero-order chi connectivity index (χ0) is 35.9. The van der Waals surface area contributed by atoms with Crippen molar-refractivity contribution in [1.29, 1.82) is 0 Å². The summed E-state index contributed by atoms with van der Waals surface area (Å²) in [5.41, 5.74) is 1.14. The van der Waals surface area contributed by atoms with Gasteiger partial charge in [0.2, 0.25) is 0 Å². The van der Waals surface area contributed by atoms with E-state index in [1.807, 2.05) is 4.90 Å². The average Bonchev–Trinajstić information content (AvgIpc) is 3.53. The number of carboxylic acids is 1. The molecule has 4 aromatic rings. The first-order valence-electron chi connectivity index (χ1n) is 14.6. The molecule has 0 aliphatic carbocycles. The smallest absolute Gasteiger partial charge is 0.490 e. The molecule has 3 aromatic carbocycles. The first-order chi connectivity index (χ1) is 23.1. The summed E-state index contributed by atoms with van der Waals surface area (Å²) < 4.78 is 79.1. The van der Waals surface area contributed by atoms with Crippen LogP contribution in [0.5, 0.6) is 5.75 Å². The molecular weight excluding hydrogens is 664 g/mol. The maximum atomic E-state index is 14.0. The number of fused-ring (bicyclic) bond motifs is 1. The molecule has 1 aromatic heterocycles. The molecule has 1 aliphatic rings. The SMILES string of the molecule is CCN1CCN(Cc2ccc(NC(=O)c3cc(NC(=O)c4ccc5n[nH]nc5c4)cc(OC)c3)cc2C(F)(F)F)CC1.O=C(O)C(F)(F)F. The van der Waals surface area contributed by atoms with Gasteiger partial charge in [0.1, 0.15) is 16.8 Å². The number of piperazine rings is 1. The van der Waals surface area contributed by atoms with E-state index in [0.29, 0.717) is 29.7 Å². The van der Waals surface area contributed by atoms with E-state index in [1.165, 1.54) is 37.4 Å². The largest absolute Gasteiger partial charge is 0.497 e. The van der Waals surface area contributed by atoms with Gasteiger partial charge in [-0.2, -0.15) is 41.8 Å². The van der Waals surface area contributed by atoms with Crippen molar-refractivity contribution in [1.82, 2.24) is 25.2 Å². The minimum atomic E-state index is -5.08. The molecule has 0 radical (unpaired) electrons. The van der Waals surface area contributed by atoms with Crippen LogP contribution in [0.3, 0.4) is 0 Å². The molecule has 0 saturated carbocycles. The number of hydrogen-bond acceptors (Lipinski definition) is 8. The zero-order valence-corrected chi connectivity index (χ0v) is 26.1. The number of rotatable bonds is 8. The molecule has 49 heavy (non-hydrogen) atoms. The lowest BCUT2D eigenvalue weighted by Crippen LogP contribution is -2.45. The zero-order valence-electron chi connectivity index (χ0n) is 26.1. The minimum Gasteiger partial charge on any atom is -0.497 e.